The van der Waals surface area contributed by atoms with E-state index in [1.807, 2.05) is 0 Å². The Kier molecular flexibility index (Phi) is 5.07. The third kappa shape index (κ3) is 3.65. The summed E-state index contributed by atoms with van der Waals surface area (Å²) in [6.07, 6.45) is 4.49. The number of piperidine rings is 1. The number of likely N-dealkylation sites (tertiary alicyclic amines) is 1. The Labute approximate surface area is 128 Å². The van der Waals surface area contributed by atoms with Crippen molar-refractivity contribution >= 4 is 11.8 Å². The monoisotopic (exact) mass is 294 g/mol. The molecule has 4 heteroatoms. The Balaban J connectivity index is 2.22. The van der Waals surface area contributed by atoms with Crippen LogP contribution in [0, 0.1) is 17.3 Å². The molecule has 4 nitrogen and oxygen atoms in total. The molecule has 2 heterocycles. The average molecular weight is 294 g/mol. The second kappa shape index (κ2) is 6.47. The molecule has 2 aliphatic heterocycles. The minimum Gasteiger partial charge on any atom is -0.301 e. The number of hydrogen-bond acceptors (Lipinski definition) is 3. The molecule has 0 aromatic rings. The van der Waals surface area contributed by atoms with Gasteiger partial charge in [-0.3, -0.25) is 14.9 Å². The van der Waals surface area contributed by atoms with Crippen LogP contribution in [-0.2, 0) is 9.59 Å². The molecule has 1 N–H and O–H groups in total. The van der Waals surface area contributed by atoms with E-state index >= 15 is 0 Å². The van der Waals surface area contributed by atoms with Crippen molar-refractivity contribution in [1.29, 1.82) is 0 Å². The molecule has 2 saturated heterocycles. The summed E-state index contributed by atoms with van der Waals surface area (Å²) < 4.78 is 0. The van der Waals surface area contributed by atoms with Crippen molar-refractivity contribution in [2.45, 2.75) is 65.8 Å². The summed E-state index contributed by atoms with van der Waals surface area (Å²) in [7, 11) is 0. The van der Waals surface area contributed by atoms with E-state index in [9.17, 15) is 9.59 Å². The minimum atomic E-state index is -0.104. The quantitative estimate of drug-likeness (QED) is 0.814. The van der Waals surface area contributed by atoms with Crippen LogP contribution in [0.25, 0.3) is 0 Å². The van der Waals surface area contributed by atoms with E-state index in [1.54, 1.807) is 0 Å². The number of nitrogens with zero attached hydrogens (tertiary/aromatic N) is 1. The van der Waals surface area contributed by atoms with Gasteiger partial charge in [-0.1, -0.05) is 13.8 Å². The van der Waals surface area contributed by atoms with Crippen molar-refractivity contribution in [3.8, 4) is 0 Å². The third-order valence-electron chi connectivity index (χ3n) is 5.29. The van der Waals surface area contributed by atoms with Gasteiger partial charge in [0.25, 0.3) is 0 Å². The molecule has 2 aliphatic rings. The highest BCUT2D eigenvalue weighted by Crippen LogP contribution is 2.46. The summed E-state index contributed by atoms with van der Waals surface area (Å²) in [6.45, 7) is 10.9. The minimum absolute atomic E-state index is 0.00214. The lowest BCUT2D eigenvalue weighted by Crippen LogP contribution is -2.53. The highest BCUT2D eigenvalue weighted by atomic mass is 16.2. The van der Waals surface area contributed by atoms with Crippen LogP contribution in [0.3, 0.4) is 0 Å². The molecule has 0 aliphatic carbocycles. The number of imide groups is 1. The number of amides is 2. The van der Waals surface area contributed by atoms with Crippen molar-refractivity contribution in [3.05, 3.63) is 0 Å². The summed E-state index contributed by atoms with van der Waals surface area (Å²) >= 11 is 0. The lowest BCUT2D eigenvalue weighted by atomic mass is 9.63. The molecule has 2 rings (SSSR count). The molecule has 2 amide bonds. The molecule has 0 aromatic heterocycles. The highest BCUT2D eigenvalue weighted by molar-refractivity contribution is 5.99. The zero-order valence-electron chi connectivity index (χ0n) is 13.9. The van der Waals surface area contributed by atoms with Crippen molar-refractivity contribution in [2.75, 3.05) is 13.1 Å². The Morgan fingerprint density at radius 2 is 1.90 bits per heavy atom. The van der Waals surface area contributed by atoms with Crippen molar-refractivity contribution in [2.24, 2.45) is 17.3 Å². The summed E-state index contributed by atoms with van der Waals surface area (Å²) in [5, 5.41) is 2.57. The van der Waals surface area contributed by atoms with Gasteiger partial charge < -0.3 is 4.90 Å². The van der Waals surface area contributed by atoms with Gasteiger partial charge in [0, 0.05) is 18.4 Å². The smallest absolute Gasteiger partial charge is 0.230 e. The third-order valence-corrected chi connectivity index (χ3v) is 5.29. The van der Waals surface area contributed by atoms with Crippen LogP contribution in [0.2, 0.25) is 0 Å². The molecule has 0 radical (unpaired) electrons. The Hall–Kier alpha value is -0.900. The summed E-state index contributed by atoms with van der Waals surface area (Å²) in [4.78, 5) is 26.8. The molecule has 0 bridgehead atoms. The molecule has 0 saturated carbocycles. The predicted molar refractivity (Wildman–Crippen MR) is 83.7 cm³/mol. The maximum atomic E-state index is 12.4. The Morgan fingerprint density at radius 3 is 2.52 bits per heavy atom. The largest absolute Gasteiger partial charge is 0.301 e. The maximum absolute atomic E-state index is 12.4. The number of hydrogen-bond donors (Lipinski definition) is 1. The van der Waals surface area contributed by atoms with Gasteiger partial charge in [0.2, 0.25) is 11.8 Å². The average Bonchev–Trinajstić information content (AvgIpc) is 2.57. The topological polar surface area (TPSA) is 49.4 Å². The van der Waals surface area contributed by atoms with E-state index in [4.69, 9.17) is 0 Å². The number of rotatable bonds is 3. The van der Waals surface area contributed by atoms with E-state index in [-0.39, 0.29) is 23.1 Å². The van der Waals surface area contributed by atoms with E-state index in [2.05, 4.69) is 37.9 Å². The first-order chi connectivity index (χ1) is 9.84. The summed E-state index contributed by atoms with van der Waals surface area (Å²) in [6, 6.07) is 0.539. The van der Waals surface area contributed by atoms with E-state index in [1.165, 1.54) is 0 Å². The summed E-state index contributed by atoms with van der Waals surface area (Å²) in [5.41, 5.74) is -0.104. The first kappa shape index (κ1) is 16.5. The molecular weight excluding hydrogens is 264 g/mol. The van der Waals surface area contributed by atoms with Crippen LogP contribution in [-0.4, -0.2) is 35.8 Å². The van der Waals surface area contributed by atoms with E-state index < -0.39 is 0 Å². The number of carbonyl (C=O) groups is 2. The normalized spacial score (nSPS) is 31.8. The van der Waals surface area contributed by atoms with Crippen molar-refractivity contribution in [1.82, 2.24) is 10.2 Å². The van der Waals surface area contributed by atoms with Crippen LogP contribution < -0.4 is 5.32 Å². The van der Waals surface area contributed by atoms with Gasteiger partial charge >= 0.3 is 0 Å². The predicted octanol–water partition coefficient (Wildman–Crippen LogP) is 2.58. The van der Waals surface area contributed by atoms with Crippen LogP contribution >= 0.6 is 0 Å². The molecule has 1 spiro atoms. The maximum Gasteiger partial charge on any atom is 0.230 e. The molecule has 21 heavy (non-hydrogen) atoms. The molecule has 120 valence electrons. The zero-order chi connectivity index (χ0) is 15.6. The molecule has 2 atom stereocenters. The highest BCUT2D eigenvalue weighted by Gasteiger charge is 2.48. The Morgan fingerprint density at radius 1 is 1.19 bits per heavy atom. The fraction of sp³-hybridized carbons (Fsp3) is 0.882. The van der Waals surface area contributed by atoms with Gasteiger partial charge in [-0.2, -0.15) is 0 Å². The van der Waals surface area contributed by atoms with Crippen LogP contribution in [0.5, 0.6) is 0 Å². The van der Waals surface area contributed by atoms with Crippen LogP contribution in [0.1, 0.15) is 59.8 Å². The van der Waals surface area contributed by atoms with Gasteiger partial charge in [0.05, 0.1) is 0 Å². The second-order valence-electron chi connectivity index (χ2n) is 7.62. The van der Waals surface area contributed by atoms with Gasteiger partial charge in [-0.15, -0.1) is 0 Å². The number of nitrogens with one attached hydrogen (secondary N) is 1. The zero-order valence-corrected chi connectivity index (χ0v) is 13.9. The molecule has 0 aromatic carbocycles. The molecule has 2 fully saturated rings. The van der Waals surface area contributed by atoms with Gasteiger partial charge in [0.1, 0.15) is 0 Å². The van der Waals surface area contributed by atoms with Crippen molar-refractivity contribution < 1.29 is 9.59 Å². The Bertz CT molecular complexity index is 406. The lowest BCUT2D eigenvalue weighted by Gasteiger charge is -2.43. The van der Waals surface area contributed by atoms with E-state index in [0.717, 1.165) is 38.8 Å². The van der Waals surface area contributed by atoms with E-state index in [0.29, 0.717) is 18.4 Å². The van der Waals surface area contributed by atoms with Crippen LogP contribution in [0.15, 0.2) is 0 Å². The first-order valence-electron chi connectivity index (χ1n) is 8.42. The van der Waals surface area contributed by atoms with Gasteiger partial charge in [-0.25, -0.2) is 0 Å². The second-order valence-corrected chi connectivity index (χ2v) is 7.62. The lowest BCUT2D eigenvalue weighted by molar-refractivity contribution is -0.145. The van der Waals surface area contributed by atoms with Crippen molar-refractivity contribution in [3.63, 3.8) is 0 Å². The fourth-order valence-electron chi connectivity index (χ4n) is 4.10. The summed E-state index contributed by atoms with van der Waals surface area (Å²) in [5.74, 6) is 0.383. The molecule has 2 unspecified atom stereocenters. The van der Waals surface area contributed by atoms with Crippen LogP contribution in [0.4, 0.5) is 0 Å². The fourth-order valence-corrected chi connectivity index (χ4v) is 4.10. The molecular formula is C17H30N2O2. The first-order valence-corrected chi connectivity index (χ1v) is 8.42. The van der Waals surface area contributed by atoms with Gasteiger partial charge in [0.15, 0.2) is 0 Å². The number of carbonyl (C=O) groups excluding carboxylic acids is 2. The standard InChI is InChI=1S/C17H30N2O2/c1-12(2)10-14-16(21)18-15(20)11-17(14)6-5-8-19(9-7-17)13(3)4/h12-14H,5-11H2,1-4H3,(H,18,20,21). The van der Waals surface area contributed by atoms with Gasteiger partial charge in [-0.05, 0) is 64.0 Å². The SMILES string of the molecule is CC(C)CC1C(=O)NC(=O)CC12CCCN(C(C)C)CC2.